The third kappa shape index (κ3) is 5.60. The lowest BCUT2D eigenvalue weighted by Crippen LogP contribution is -2.32. The van der Waals surface area contributed by atoms with Gasteiger partial charge in [-0.15, -0.1) is 11.3 Å². The number of esters is 1. The van der Waals surface area contributed by atoms with E-state index in [2.05, 4.69) is 15.8 Å². The van der Waals surface area contributed by atoms with Gasteiger partial charge >= 0.3 is 17.8 Å². The standard InChI is InChI=1S/C21H17N3O4S/c1-14-5-2-3-6-17(14)23-19(25)20(26)24-22-13-15-8-10-16(11-9-15)28-21(27)18-7-4-12-29-18/h2-13H,1H3,(H,23,25)(H,24,26)/b22-13+. The lowest BCUT2D eigenvalue weighted by molar-refractivity contribution is -0.136. The third-order valence-electron chi connectivity index (χ3n) is 3.79. The molecule has 3 aromatic rings. The van der Waals surface area contributed by atoms with Crippen molar-refractivity contribution in [1.82, 2.24) is 5.43 Å². The molecule has 8 heteroatoms. The van der Waals surface area contributed by atoms with E-state index in [4.69, 9.17) is 4.74 Å². The van der Waals surface area contributed by atoms with E-state index < -0.39 is 17.8 Å². The molecule has 1 heterocycles. The van der Waals surface area contributed by atoms with Crippen LogP contribution in [0, 0.1) is 6.92 Å². The van der Waals surface area contributed by atoms with Crippen LogP contribution in [0.15, 0.2) is 71.1 Å². The van der Waals surface area contributed by atoms with Crippen LogP contribution in [0.4, 0.5) is 5.69 Å². The van der Waals surface area contributed by atoms with Gasteiger partial charge in [-0.25, -0.2) is 10.2 Å². The van der Waals surface area contributed by atoms with Gasteiger partial charge in [-0.1, -0.05) is 24.3 Å². The van der Waals surface area contributed by atoms with E-state index in [1.807, 2.05) is 19.1 Å². The van der Waals surface area contributed by atoms with Gasteiger partial charge in [-0.05, 0) is 59.8 Å². The number of nitrogens with zero attached hydrogens (tertiary/aromatic N) is 1. The van der Waals surface area contributed by atoms with Crippen LogP contribution in [0.3, 0.4) is 0 Å². The molecule has 2 amide bonds. The van der Waals surface area contributed by atoms with E-state index in [-0.39, 0.29) is 0 Å². The molecule has 0 spiro atoms. The summed E-state index contributed by atoms with van der Waals surface area (Å²) in [5, 5.41) is 8.09. The number of hydrazone groups is 1. The molecule has 0 unspecified atom stereocenters. The van der Waals surface area contributed by atoms with Crippen molar-refractivity contribution in [3.05, 3.63) is 82.0 Å². The summed E-state index contributed by atoms with van der Waals surface area (Å²) in [6.45, 7) is 1.83. The number of benzene rings is 2. The zero-order valence-corrected chi connectivity index (χ0v) is 16.2. The summed E-state index contributed by atoms with van der Waals surface area (Å²) in [7, 11) is 0. The first-order valence-electron chi connectivity index (χ1n) is 8.58. The van der Waals surface area contributed by atoms with Crippen LogP contribution in [0.1, 0.15) is 20.8 Å². The van der Waals surface area contributed by atoms with E-state index in [1.165, 1.54) is 17.6 Å². The first-order chi connectivity index (χ1) is 14.0. The Morgan fingerprint density at radius 3 is 2.41 bits per heavy atom. The van der Waals surface area contributed by atoms with Gasteiger partial charge in [0.1, 0.15) is 10.6 Å². The number of nitrogens with one attached hydrogen (secondary N) is 2. The minimum Gasteiger partial charge on any atom is -0.422 e. The van der Waals surface area contributed by atoms with Gasteiger partial charge < -0.3 is 10.1 Å². The number of aryl methyl sites for hydroxylation is 1. The number of carbonyl (C=O) groups excluding carboxylic acids is 3. The Kier molecular flexibility index (Phi) is 6.49. The second-order valence-electron chi connectivity index (χ2n) is 5.90. The van der Waals surface area contributed by atoms with Gasteiger partial charge in [0, 0.05) is 5.69 Å². The van der Waals surface area contributed by atoms with E-state index in [1.54, 1.807) is 53.9 Å². The van der Waals surface area contributed by atoms with Crippen molar-refractivity contribution in [2.24, 2.45) is 5.10 Å². The van der Waals surface area contributed by atoms with E-state index in [9.17, 15) is 14.4 Å². The van der Waals surface area contributed by atoms with E-state index >= 15 is 0 Å². The van der Waals surface area contributed by atoms with Crippen LogP contribution in [-0.2, 0) is 9.59 Å². The lowest BCUT2D eigenvalue weighted by Gasteiger charge is -2.06. The highest BCUT2D eigenvalue weighted by Gasteiger charge is 2.13. The number of thiophene rings is 1. The van der Waals surface area contributed by atoms with Gasteiger partial charge in [-0.2, -0.15) is 5.10 Å². The van der Waals surface area contributed by atoms with Crippen molar-refractivity contribution >= 4 is 41.0 Å². The molecule has 2 N–H and O–H groups in total. The number of amides is 2. The van der Waals surface area contributed by atoms with Crippen LogP contribution >= 0.6 is 11.3 Å². The molecular formula is C21H17N3O4S. The van der Waals surface area contributed by atoms with Crippen LogP contribution in [0.2, 0.25) is 0 Å². The molecule has 0 saturated heterocycles. The number of rotatable bonds is 5. The fraction of sp³-hybridized carbons (Fsp3) is 0.0476. The molecule has 0 bridgehead atoms. The minimum atomic E-state index is -0.883. The van der Waals surface area contributed by atoms with E-state index in [0.717, 1.165) is 5.56 Å². The van der Waals surface area contributed by atoms with Crippen LogP contribution < -0.4 is 15.5 Å². The summed E-state index contributed by atoms with van der Waals surface area (Å²) in [6, 6.07) is 17.1. The smallest absolute Gasteiger partial charge is 0.353 e. The average molecular weight is 407 g/mol. The maximum absolute atomic E-state index is 11.9. The monoisotopic (exact) mass is 407 g/mol. The van der Waals surface area contributed by atoms with Crippen LogP contribution in [0.5, 0.6) is 5.75 Å². The Bertz CT molecular complexity index is 1040. The fourth-order valence-corrected chi connectivity index (χ4v) is 2.88. The largest absolute Gasteiger partial charge is 0.422 e. The molecule has 146 valence electrons. The Hall–Kier alpha value is -3.78. The summed E-state index contributed by atoms with van der Waals surface area (Å²) >= 11 is 1.30. The summed E-state index contributed by atoms with van der Waals surface area (Å²) in [6.07, 6.45) is 1.38. The number of carbonyl (C=O) groups is 3. The first-order valence-corrected chi connectivity index (χ1v) is 9.46. The highest BCUT2D eigenvalue weighted by molar-refractivity contribution is 7.12. The number of para-hydroxylation sites is 1. The third-order valence-corrected chi connectivity index (χ3v) is 4.64. The predicted octanol–water partition coefficient (Wildman–Crippen LogP) is 3.36. The van der Waals surface area contributed by atoms with Gasteiger partial charge in [0.25, 0.3) is 0 Å². The van der Waals surface area contributed by atoms with Gasteiger partial charge in [0.05, 0.1) is 6.21 Å². The maximum atomic E-state index is 11.9. The van der Waals surface area contributed by atoms with Gasteiger partial charge in [-0.3, -0.25) is 9.59 Å². The molecule has 0 radical (unpaired) electrons. The summed E-state index contributed by atoms with van der Waals surface area (Å²) < 4.78 is 5.26. The maximum Gasteiger partial charge on any atom is 0.353 e. The number of hydrogen-bond donors (Lipinski definition) is 2. The highest BCUT2D eigenvalue weighted by atomic mass is 32.1. The van der Waals surface area contributed by atoms with Crippen molar-refractivity contribution in [2.45, 2.75) is 6.92 Å². The summed E-state index contributed by atoms with van der Waals surface area (Å²) in [5.41, 5.74) is 4.23. The molecule has 29 heavy (non-hydrogen) atoms. The molecule has 7 nitrogen and oxygen atoms in total. The lowest BCUT2D eigenvalue weighted by atomic mass is 10.2. The Balaban J connectivity index is 1.50. The number of anilines is 1. The van der Waals surface area contributed by atoms with Crippen molar-refractivity contribution in [3.63, 3.8) is 0 Å². The molecule has 0 saturated carbocycles. The van der Waals surface area contributed by atoms with Crippen LogP contribution in [0.25, 0.3) is 0 Å². The Labute approximate surface area is 171 Å². The van der Waals surface area contributed by atoms with Gasteiger partial charge in [0.2, 0.25) is 0 Å². The van der Waals surface area contributed by atoms with Crippen molar-refractivity contribution in [2.75, 3.05) is 5.32 Å². The molecule has 0 aliphatic heterocycles. The summed E-state index contributed by atoms with van der Waals surface area (Å²) in [4.78, 5) is 36.2. The normalized spacial score (nSPS) is 10.5. The predicted molar refractivity (Wildman–Crippen MR) is 111 cm³/mol. The van der Waals surface area contributed by atoms with E-state index in [0.29, 0.717) is 21.9 Å². The second-order valence-corrected chi connectivity index (χ2v) is 6.85. The van der Waals surface area contributed by atoms with Crippen molar-refractivity contribution in [1.29, 1.82) is 0 Å². The SMILES string of the molecule is Cc1ccccc1NC(=O)C(=O)N/N=C/c1ccc(OC(=O)c2cccs2)cc1. The molecule has 0 aliphatic carbocycles. The van der Waals surface area contributed by atoms with Gasteiger partial charge in [0.15, 0.2) is 0 Å². The number of ether oxygens (including phenoxy) is 1. The number of hydrogen-bond acceptors (Lipinski definition) is 6. The summed E-state index contributed by atoms with van der Waals surface area (Å²) in [5.74, 6) is -1.73. The second kappa shape index (κ2) is 9.43. The van der Waals surface area contributed by atoms with Crippen LogP contribution in [-0.4, -0.2) is 24.0 Å². The highest BCUT2D eigenvalue weighted by Crippen LogP contribution is 2.16. The zero-order valence-electron chi connectivity index (χ0n) is 15.4. The Morgan fingerprint density at radius 2 is 1.72 bits per heavy atom. The molecule has 2 aromatic carbocycles. The van der Waals surface area contributed by atoms with Crippen molar-refractivity contribution < 1.29 is 19.1 Å². The molecule has 3 rings (SSSR count). The topological polar surface area (TPSA) is 96.9 Å². The van der Waals surface area contributed by atoms with Crippen molar-refractivity contribution in [3.8, 4) is 5.75 Å². The minimum absolute atomic E-state index is 0.391. The average Bonchev–Trinajstić information content (AvgIpc) is 3.26. The molecular weight excluding hydrogens is 390 g/mol. The quantitative estimate of drug-likeness (QED) is 0.223. The molecule has 0 atom stereocenters. The molecule has 1 aromatic heterocycles. The molecule has 0 aliphatic rings. The zero-order chi connectivity index (χ0) is 20.6. The fourth-order valence-electron chi connectivity index (χ4n) is 2.28. The Morgan fingerprint density at radius 1 is 0.966 bits per heavy atom. The molecule has 0 fully saturated rings. The first kappa shape index (κ1) is 20.0.